The summed E-state index contributed by atoms with van der Waals surface area (Å²) in [6.45, 7) is 4.09. The zero-order chi connectivity index (χ0) is 17.8. The third kappa shape index (κ3) is 3.96. The SMILES string of the molecule is CCc1cccc(C)c1NC(=O)CSc1nc2ccc(OC)cc2[nH]1. The fourth-order valence-electron chi connectivity index (χ4n) is 2.67. The number of fused-ring (bicyclic) bond motifs is 1. The van der Waals surface area contributed by atoms with Gasteiger partial charge in [0, 0.05) is 11.8 Å². The largest absolute Gasteiger partial charge is 0.497 e. The van der Waals surface area contributed by atoms with Gasteiger partial charge in [0.1, 0.15) is 5.75 Å². The Balaban J connectivity index is 1.66. The number of aromatic nitrogens is 2. The summed E-state index contributed by atoms with van der Waals surface area (Å²) in [4.78, 5) is 20.0. The summed E-state index contributed by atoms with van der Waals surface area (Å²) in [7, 11) is 1.63. The number of anilines is 1. The van der Waals surface area contributed by atoms with Crippen molar-refractivity contribution in [2.75, 3.05) is 18.2 Å². The summed E-state index contributed by atoms with van der Waals surface area (Å²) < 4.78 is 5.21. The standard InChI is InChI=1S/C19H21N3O2S/c1-4-13-7-5-6-12(2)18(13)22-17(23)11-25-19-20-15-9-8-14(24-3)10-16(15)21-19/h5-10H,4,11H2,1-3H3,(H,20,21)(H,22,23). The van der Waals surface area contributed by atoms with Crippen molar-refractivity contribution in [3.05, 3.63) is 47.5 Å². The van der Waals surface area contributed by atoms with Crippen LogP contribution in [0.2, 0.25) is 0 Å². The van der Waals surface area contributed by atoms with Gasteiger partial charge in [-0.2, -0.15) is 0 Å². The zero-order valence-corrected chi connectivity index (χ0v) is 15.4. The minimum atomic E-state index is -0.0352. The highest BCUT2D eigenvalue weighted by molar-refractivity contribution is 7.99. The van der Waals surface area contributed by atoms with Gasteiger partial charge in [-0.05, 0) is 36.6 Å². The molecule has 1 amide bonds. The highest BCUT2D eigenvalue weighted by Gasteiger charge is 2.11. The van der Waals surface area contributed by atoms with Crippen LogP contribution in [0.4, 0.5) is 5.69 Å². The van der Waals surface area contributed by atoms with Gasteiger partial charge in [-0.3, -0.25) is 4.79 Å². The minimum absolute atomic E-state index is 0.0352. The van der Waals surface area contributed by atoms with Crippen molar-refractivity contribution in [1.29, 1.82) is 0 Å². The molecule has 0 aliphatic heterocycles. The number of benzene rings is 2. The molecule has 1 aromatic heterocycles. The van der Waals surface area contributed by atoms with Gasteiger partial charge in [-0.1, -0.05) is 36.9 Å². The van der Waals surface area contributed by atoms with Crippen LogP contribution in [-0.2, 0) is 11.2 Å². The second-order valence-electron chi connectivity index (χ2n) is 5.72. The van der Waals surface area contributed by atoms with Gasteiger partial charge in [0.05, 0.1) is 23.9 Å². The van der Waals surface area contributed by atoms with Crippen LogP contribution in [0.3, 0.4) is 0 Å². The van der Waals surface area contributed by atoms with E-state index in [1.165, 1.54) is 11.8 Å². The van der Waals surface area contributed by atoms with Gasteiger partial charge in [-0.15, -0.1) is 0 Å². The molecule has 3 rings (SSSR count). The first-order valence-corrected chi connectivity index (χ1v) is 9.14. The molecule has 1 heterocycles. The first-order valence-electron chi connectivity index (χ1n) is 8.15. The van der Waals surface area contributed by atoms with Gasteiger partial charge in [0.15, 0.2) is 5.16 Å². The van der Waals surface area contributed by atoms with Gasteiger partial charge >= 0.3 is 0 Å². The van der Waals surface area contributed by atoms with Gasteiger partial charge in [-0.25, -0.2) is 4.98 Å². The number of hydrogen-bond donors (Lipinski definition) is 2. The average molecular weight is 355 g/mol. The molecule has 5 nitrogen and oxygen atoms in total. The second kappa shape index (κ2) is 7.61. The highest BCUT2D eigenvalue weighted by atomic mass is 32.2. The quantitative estimate of drug-likeness (QED) is 0.651. The number of thioether (sulfide) groups is 1. The first kappa shape index (κ1) is 17.4. The summed E-state index contributed by atoms with van der Waals surface area (Å²) in [6.07, 6.45) is 0.885. The molecular formula is C19H21N3O2S. The number of methoxy groups -OCH3 is 1. The van der Waals surface area contributed by atoms with Gasteiger partial charge in [0.25, 0.3) is 0 Å². The van der Waals surface area contributed by atoms with Crippen molar-refractivity contribution in [3.8, 4) is 5.75 Å². The Labute approximate surface area is 151 Å². The summed E-state index contributed by atoms with van der Waals surface area (Å²) in [6, 6.07) is 11.7. The molecule has 0 radical (unpaired) electrons. The molecular weight excluding hydrogens is 334 g/mol. The Hall–Kier alpha value is -2.47. The van der Waals surface area contributed by atoms with Crippen LogP contribution in [0.15, 0.2) is 41.6 Å². The van der Waals surface area contributed by atoms with Crippen LogP contribution < -0.4 is 10.1 Å². The molecule has 0 spiro atoms. The summed E-state index contributed by atoms with van der Waals surface area (Å²) in [5.41, 5.74) is 4.90. The lowest BCUT2D eigenvalue weighted by Crippen LogP contribution is -2.16. The number of amides is 1. The Bertz CT molecular complexity index is 905. The number of hydrogen-bond acceptors (Lipinski definition) is 4. The maximum absolute atomic E-state index is 12.3. The predicted molar refractivity (Wildman–Crippen MR) is 103 cm³/mol. The van der Waals surface area contributed by atoms with Crippen molar-refractivity contribution in [2.24, 2.45) is 0 Å². The van der Waals surface area contributed by atoms with E-state index in [2.05, 4.69) is 22.2 Å². The fourth-order valence-corrected chi connectivity index (χ4v) is 3.36. The maximum atomic E-state index is 12.3. The van der Waals surface area contributed by atoms with Crippen LogP contribution >= 0.6 is 11.8 Å². The van der Waals surface area contributed by atoms with Crippen LogP contribution in [0.25, 0.3) is 11.0 Å². The minimum Gasteiger partial charge on any atom is -0.497 e. The van der Waals surface area contributed by atoms with E-state index in [9.17, 15) is 4.79 Å². The molecule has 3 aromatic rings. The lowest BCUT2D eigenvalue weighted by Gasteiger charge is -2.12. The molecule has 6 heteroatoms. The number of carbonyl (C=O) groups is 1. The molecule has 0 aliphatic rings. The van der Waals surface area contributed by atoms with Gasteiger partial charge < -0.3 is 15.0 Å². The molecule has 0 saturated carbocycles. The van der Waals surface area contributed by atoms with E-state index < -0.39 is 0 Å². The Morgan fingerprint density at radius 1 is 1.32 bits per heavy atom. The Kier molecular flexibility index (Phi) is 5.28. The van der Waals surface area contributed by atoms with E-state index in [0.717, 1.165) is 45.2 Å². The second-order valence-corrected chi connectivity index (χ2v) is 6.69. The Morgan fingerprint density at radius 2 is 2.16 bits per heavy atom. The number of nitrogens with zero attached hydrogens (tertiary/aromatic N) is 1. The van der Waals surface area contributed by atoms with E-state index in [0.29, 0.717) is 5.75 Å². The molecule has 25 heavy (non-hydrogen) atoms. The predicted octanol–water partition coefficient (Wildman–Crippen LogP) is 4.17. The Morgan fingerprint density at radius 3 is 2.92 bits per heavy atom. The fraction of sp³-hybridized carbons (Fsp3) is 0.263. The van der Waals surface area contributed by atoms with Crippen molar-refractivity contribution in [1.82, 2.24) is 9.97 Å². The number of aryl methyl sites for hydroxylation is 2. The number of rotatable bonds is 6. The molecule has 0 atom stereocenters. The van der Waals surface area contributed by atoms with E-state index in [4.69, 9.17) is 4.74 Å². The first-order chi connectivity index (χ1) is 12.1. The molecule has 0 saturated heterocycles. The normalized spacial score (nSPS) is 10.8. The summed E-state index contributed by atoms with van der Waals surface area (Å²) in [5, 5.41) is 3.75. The number of ether oxygens (including phenoxy) is 1. The van der Waals surface area contributed by atoms with E-state index >= 15 is 0 Å². The lowest BCUT2D eigenvalue weighted by molar-refractivity contribution is -0.113. The average Bonchev–Trinajstić information content (AvgIpc) is 3.03. The molecule has 0 aliphatic carbocycles. The summed E-state index contributed by atoms with van der Waals surface area (Å²) in [5.74, 6) is 1.04. The van der Waals surface area contributed by atoms with Crippen LogP contribution in [0, 0.1) is 6.92 Å². The van der Waals surface area contributed by atoms with E-state index in [1.54, 1.807) is 7.11 Å². The van der Waals surface area contributed by atoms with Crippen molar-refractivity contribution in [3.63, 3.8) is 0 Å². The number of H-pyrrole nitrogens is 1. The zero-order valence-electron chi connectivity index (χ0n) is 14.6. The van der Waals surface area contributed by atoms with Crippen molar-refractivity contribution in [2.45, 2.75) is 25.4 Å². The number of carbonyl (C=O) groups excluding carboxylic acids is 1. The number of imidazole rings is 1. The number of aromatic amines is 1. The highest BCUT2D eigenvalue weighted by Crippen LogP contribution is 2.24. The van der Waals surface area contributed by atoms with Gasteiger partial charge in [0.2, 0.25) is 5.91 Å². The lowest BCUT2D eigenvalue weighted by atomic mass is 10.1. The van der Waals surface area contributed by atoms with Crippen LogP contribution in [-0.4, -0.2) is 28.7 Å². The summed E-state index contributed by atoms with van der Waals surface area (Å²) >= 11 is 1.39. The van der Waals surface area contributed by atoms with E-state index in [-0.39, 0.29) is 5.91 Å². The van der Waals surface area contributed by atoms with Crippen LogP contribution in [0.5, 0.6) is 5.75 Å². The molecule has 0 unspecified atom stereocenters. The molecule has 0 bridgehead atoms. The van der Waals surface area contributed by atoms with Crippen molar-refractivity contribution >= 4 is 34.4 Å². The monoisotopic (exact) mass is 355 g/mol. The van der Waals surface area contributed by atoms with Crippen molar-refractivity contribution < 1.29 is 9.53 Å². The molecule has 2 N–H and O–H groups in total. The molecule has 2 aromatic carbocycles. The van der Waals surface area contributed by atoms with Crippen LogP contribution in [0.1, 0.15) is 18.1 Å². The van der Waals surface area contributed by atoms with E-state index in [1.807, 2.05) is 43.3 Å². The number of nitrogens with one attached hydrogen (secondary N) is 2. The molecule has 0 fully saturated rings. The number of para-hydroxylation sites is 1. The molecule has 130 valence electrons. The third-order valence-corrected chi connectivity index (χ3v) is 4.89. The topological polar surface area (TPSA) is 67.0 Å². The third-order valence-electron chi connectivity index (χ3n) is 4.01. The maximum Gasteiger partial charge on any atom is 0.234 e. The smallest absolute Gasteiger partial charge is 0.234 e.